The van der Waals surface area contributed by atoms with Crippen LogP contribution >= 0.6 is 11.8 Å². The summed E-state index contributed by atoms with van der Waals surface area (Å²) in [5, 5.41) is 19.8. The second kappa shape index (κ2) is 7.11. The molecule has 120 valence electrons. The molecule has 0 saturated carbocycles. The van der Waals surface area contributed by atoms with Crippen LogP contribution < -0.4 is 4.74 Å². The number of allylic oxidation sites excluding steroid dienone is 1. The van der Waals surface area contributed by atoms with Crippen LogP contribution in [0.15, 0.2) is 52.5 Å². The predicted molar refractivity (Wildman–Crippen MR) is 94.8 cm³/mol. The van der Waals surface area contributed by atoms with Gasteiger partial charge in [0.25, 0.3) is 0 Å². The van der Waals surface area contributed by atoms with Gasteiger partial charge in [0.05, 0.1) is 22.5 Å². The number of benzene rings is 2. The summed E-state index contributed by atoms with van der Waals surface area (Å²) in [6, 6.07) is 14.9. The number of hydrogen-bond donors (Lipinski definition) is 2. The Balaban J connectivity index is 1.87. The predicted octanol–water partition coefficient (Wildman–Crippen LogP) is 4.32. The lowest BCUT2D eigenvalue weighted by Crippen LogP contribution is -1.92. The number of nitriles is 1. The highest BCUT2D eigenvalue weighted by Gasteiger charge is 2.08. The molecule has 0 aliphatic heterocycles. The number of imidazole rings is 1. The number of para-hydroxylation sites is 2. The average molecular weight is 337 g/mol. The molecule has 0 saturated heterocycles. The van der Waals surface area contributed by atoms with Gasteiger partial charge in [-0.15, -0.1) is 0 Å². The van der Waals surface area contributed by atoms with Gasteiger partial charge in [-0.05, 0) is 54.6 Å². The molecule has 24 heavy (non-hydrogen) atoms. The number of phenolic OH excluding ortho intramolecular Hbond substituents is 1. The van der Waals surface area contributed by atoms with E-state index in [0.29, 0.717) is 22.4 Å². The van der Waals surface area contributed by atoms with Crippen molar-refractivity contribution in [2.45, 2.75) is 12.1 Å². The van der Waals surface area contributed by atoms with Crippen molar-refractivity contribution in [1.82, 2.24) is 9.97 Å². The summed E-state index contributed by atoms with van der Waals surface area (Å²) in [6.07, 6.45) is 1.74. The molecule has 0 bridgehead atoms. The first-order chi connectivity index (χ1) is 11.7. The number of aromatic amines is 1. The number of phenols is 1. The summed E-state index contributed by atoms with van der Waals surface area (Å²) in [5.74, 6) is 0.481. The molecule has 5 nitrogen and oxygen atoms in total. The maximum absolute atomic E-state index is 9.74. The fourth-order valence-corrected chi connectivity index (χ4v) is 2.96. The molecule has 0 spiro atoms. The molecule has 1 aromatic heterocycles. The van der Waals surface area contributed by atoms with Crippen LogP contribution in [0.2, 0.25) is 0 Å². The second-order valence-corrected chi connectivity index (χ2v) is 5.97. The first-order valence-electron chi connectivity index (χ1n) is 7.40. The van der Waals surface area contributed by atoms with Gasteiger partial charge in [-0.1, -0.05) is 18.2 Å². The van der Waals surface area contributed by atoms with E-state index in [1.54, 1.807) is 24.3 Å². The molecule has 1 heterocycles. The Morgan fingerprint density at radius 1 is 1.38 bits per heavy atom. The summed E-state index contributed by atoms with van der Waals surface area (Å²) in [5.41, 5.74) is 2.57. The van der Waals surface area contributed by atoms with Gasteiger partial charge in [0.1, 0.15) is 6.07 Å². The summed E-state index contributed by atoms with van der Waals surface area (Å²) >= 11 is 1.26. The molecule has 0 aliphatic rings. The molecule has 0 atom stereocenters. The third kappa shape index (κ3) is 3.53. The van der Waals surface area contributed by atoms with E-state index in [1.165, 1.54) is 11.8 Å². The highest BCUT2D eigenvalue weighted by Crippen LogP contribution is 2.31. The smallest absolute Gasteiger partial charge is 0.171 e. The van der Waals surface area contributed by atoms with Gasteiger partial charge >= 0.3 is 0 Å². The van der Waals surface area contributed by atoms with E-state index in [1.807, 2.05) is 31.2 Å². The van der Waals surface area contributed by atoms with Crippen molar-refractivity contribution in [1.29, 1.82) is 5.26 Å². The Labute approximate surface area is 143 Å². The summed E-state index contributed by atoms with van der Waals surface area (Å²) in [6.45, 7) is 2.31. The standard InChI is InChI=1S/C18H15N3O2S/c1-2-23-17-10-12(7-8-16(17)22)9-13(11-19)24-18-20-14-5-3-4-6-15(14)21-18/h3-10,22H,2H2,1H3,(H,20,21)/b13-9+. The molecule has 6 heteroatoms. The van der Waals surface area contributed by atoms with Crippen molar-refractivity contribution in [3.8, 4) is 17.6 Å². The molecular weight excluding hydrogens is 322 g/mol. The quantitative estimate of drug-likeness (QED) is 0.535. The summed E-state index contributed by atoms with van der Waals surface area (Å²) in [7, 11) is 0. The van der Waals surface area contributed by atoms with E-state index in [-0.39, 0.29) is 5.75 Å². The summed E-state index contributed by atoms with van der Waals surface area (Å²) < 4.78 is 5.36. The number of hydrogen-bond acceptors (Lipinski definition) is 5. The zero-order chi connectivity index (χ0) is 16.9. The van der Waals surface area contributed by atoms with Crippen LogP contribution in [0.25, 0.3) is 17.1 Å². The number of thioether (sulfide) groups is 1. The number of aromatic hydroxyl groups is 1. The Morgan fingerprint density at radius 2 is 2.21 bits per heavy atom. The van der Waals surface area contributed by atoms with E-state index < -0.39 is 0 Å². The number of aromatic nitrogens is 2. The van der Waals surface area contributed by atoms with Crippen molar-refractivity contribution in [2.75, 3.05) is 6.61 Å². The van der Waals surface area contributed by atoms with E-state index in [2.05, 4.69) is 16.0 Å². The van der Waals surface area contributed by atoms with Crippen LogP contribution in [0.5, 0.6) is 11.5 Å². The first-order valence-corrected chi connectivity index (χ1v) is 8.21. The number of H-pyrrole nitrogens is 1. The second-order valence-electron chi connectivity index (χ2n) is 4.94. The normalized spacial score (nSPS) is 11.4. The first kappa shape index (κ1) is 16.0. The fraction of sp³-hybridized carbons (Fsp3) is 0.111. The molecule has 2 aromatic carbocycles. The minimum atomic E-state index is 0.0810. The third-order valence-electron chi connectivity index (χ3n) is 3.27. The van der Waals surface area contributed by atoms with E-state index in [9.17, 15) is 10.4 Å². The zero-order valence-electron chi connectivity index (χ0n) is 13.0. The average Bonchev–Trinajstić information content (AvgIpc) is 2.99. The minimum absolute atomic E-state index is 0.0810. The van der Waals surface area contributed by atoms with Crippen molar-refractivity contribution in [2.24, 2.45) is 0 Å². The van der Waals surface area contributed by atoms with Crippen LogP contribution in [-0.4, -0.2) is 21.7 Å². The number of ether oxygens (including phenoxy) is 1. The van der Waals surface area contributed by atoms with Crippen LogP contribution in [0, 0.1) is 11.3 Å². The maximum atomic E-state index is 9.74. The van der Waals surface area contributed by atoms with Crippen LogP contribution in [0.3, 0.4) is 0 Å². The van der Waals surface area contributed by atoms with Gasteiger partial charge in [-0.3, -0.25) is 0 Å². The van der Waals surface area contributed by atoms with Crippen molar-refractivity contribution < 1.29 is 9.84 Å². The van der Waals surface area contributed by atoms with Gasteiger partial charge < -0.3 is 14.8 Å². The highest BCUT2D eigenvalue weighted by atomic mass is 32.2. The van der Waals surface area contributed by atoms with E-state index >= 15 is 0 Å². The molecule has 0 radical (unpaired) electrons. The molecule has 2 N–H and O–H groups in total. The lowest BCUT2D eigenvalue weighted by molar-refractivity contribution is 0.318. The summed E-state index contributed by atoms with van der Waals surface area (Å²) in [4.78, 5) is 8.12. The molecule has 0 amide bonds. The van der Waals surface area contributed by atoms with Crippen molar-refractivity contribution in [3.63, 3.8) is 0 Å². The lowest BCUT2D eigenvalue weighted by Gasteiger charge is -2.06. The lowest BCUT2D eigenvalue weighted by atomic mass is 10.2. The largest absolute Gasteiger partial charge is 0.504 e. The fourth-order valence-electron chi connectivity index (χ4n) is 2.21. The molecule has 3 aromatic rings. The van der Waals surface area contributed by atoms with E-state index in [0.717, 1.165) is 16.6 Å². The SMILES string of the molecule is CCOc1cc(/C=C(\C#N)Sc2nc3ccccc3[nH]2)ccc1O. The van der Waals surface area contributed by atoms with Crippen LogP contribution in [0.1, 0.15) is 12.5 Å². The monoisotopic (exact) mass is 337 g/mol. The Morgan fingerprint density at radius 3 is 2.96 bits per heavy atom. The van der Waals surface area contributed by atoms with Crippen LogP contribution in [0.4, 0.5) is 0 Å². The van der Waals surface area contributed by atoms with Gasteiger partial charge in [0, 0.05) is 0 Å². The molecule has 3 rings (SSSR count). The molecule has 0 unspecified atom stereocenters. The maximum Gasteiger partial charge on any atom is 0.171 e. The Bertz CT molecular complexity index is 908. The van der Waals surface area contributed by atoms with Gasteiger partial charge in [-0.2, -0.15) is 5.26 Å². The van der Waals surface area contributed by atoms with Gasteiger partial charge in [0.15, 0.2) is 16.7 Å². The molecule has 0 aliphatic carbocycles. The minimum Gasteiger partial charge on any atom is -0.504 e. The Hall–Kier alpha value is -2.91. The zero-order valence-corrected chi connectivity index (χ0v) is 13.8. The van der Waals surface area contributed by atoms with Gasteiger partial charge in [0.2, 0.25) is 0 Å². The highest BCUT2D eigenvalue weighted by molar-refractivity contribution is 8.03. The number of rotatable bonds is 5. The topological polar surface area (TPSA) is 81.9 Å². The van der Waals surface area contributed by atoms with Crippen LogP contribution in [-0.2, 0) is 0 Å². The molecular formula is C18H15N3O2S. The van der Waals surface area contributed by atoms with Crippen molar-refractivity contribution >= 4 is 28.9 Å². The number of nitrogens with one attached hydrogen (secondary N) is 1. The Kier molecular flexibility index (Phi) is 4.73. The number of nitrogens with zero attached hydrogens (tertiary/aromatic N) is 2. The molecule has 0 fully saturated rings. The number of fused-ring (bicyclic) bond motifs is 1. The third-order valence-corrected chi connectivity index (χ3v) is 4.08. The van der Waals surface area contributed by atoms with Crippen molar-refractivity contribution in [3.05, 3.63) is 52.9 Å². The van der Waals surface area contributed by atoms with E-state index in [4.69, 9.17) is 4.74 Å². The van der Waals surface area contributed by atoms with Gasteiger partial charge in [-0.25, -0.2) is 4.98 Å².